The molecule has 11 aromatic rings. The first-order valence-electron chi connectivity index (χ1n) is 19.1. The van der Waals surface area contributed by atoms with E-state index in [4.69, 9.17) is 9.97 Å². The normalized spacial score (nSPS) is 11.5. The van der Waals surface area contributed by atoms with Gasteiger partial charge in [-0.3, -0.25) is 19.9 Å². The summed E-state index contributed by atoms with van der Waals surface area (Å²) in [6, 6.07) is 62.6. The maximum atomic E-state index is 4.75. The highest BCUT2D eigenvalue weighted by Crippen LogP contribution is 2.40. The summed E-state index contributed by atoms with van der Waals surface area (Å²) in [7, 11) is 0. The van der Waals surface area contributed by atoms with Gasteiger partial charge in [0.1, 0.15) is 0 Å². The lowest BCUT2D eigenvalue weighted by molar-refractivity contribution is 1.28. The highest BCUT2D eigenvalue weighted by atomic mass is 15.1. The van der Waals surface area contributed by atoms with Crippen molar-refractivity contribution in [1.82, 2.24) is 19.9 Å². The number of benzene rings is 7. The summed E-state index contributed by atoms with van der Waals surface area (Å²) in [4.78, 5) is 20.9. The fourth-order valence-corrected chi connectivity index (χ4v) is 8.00. The molecule has 4 heterocycles. The van der Waals surface area contributed by atoms with Crippen LogP contribution >= 0.6 is 0 Å². The molecule has 7 aromatic carbocycles. The van der Waals surface area contributed by atoms with Gasteiger partial charge in [0, 0.05) is 63.7 Å². The van der Waals surface area contributed by atoms with Crippen LogP contribution in [0.2, 0.25) is 0 Å². The lowest BCUT2D eigenvalue weighted by Gasteiger charge is -2.26. The van der Waals surface area contributed by atoms with E-state index in [-0.39, 0.29) is 0 Å². The summed E-state index contributed by atoms with van der Waals surface area (Å²) in [5, 5.41) is 9.41. The van der Waals surface area contributed by atoms with Crippen LogP contribution in [0.3, 0.4) is 0 Å². The second kappa shape index (κ2) is 13.5. The third kappa shape index (κ3) is 5.99. The van der Waals surface area contributed by atoms with Crippen LogP contribution < -0.4 is 4.90 Å². The van der Waals surface area contributed by atoms with E-state index in [2.05, 4.69) is 167 Å². The molecule has 0 aliphatic heterocycles. The Labute approximate surface area is 329 Å². The molecule has 0 aliphatic carbocycles. The highest BCUT2D eigenvalue weighted by molar-refractivity contribution is 6.09. The van der Waals surface area contributed by atoms with Crippen LogP contribution in [0.5, 0.6) is 0 Å². The van der Waals surface area contributed by atoms with Crippen LogP contribution in [0.25, 0.3) is 87.8 Å². The van der Waals surface area contributed by atoms with Crippen molar-refractivity contribution in [3.05, 3.63) is 201 Å². The van der Waals surface area contributed by atoms with E-state index in [1.165, 1.54) is 43.4 Å². The molecule has 0 fully saturated rings. The van der Waals surface area contributed by atoms with Crippen molar-refractivity contribution in [1.29, 1.82) is 0 Å². The number of anilines is 3. The van der Waals surface area contributed by atoms with E-state index in [0.29, 0.717) is 0 Å². The van der Waals surface area contributed by atoms with Gasteiger partial charge in [0.25, 0.3) is 0 Å². The molecular weight excluding hydrogens is 695 g/mol. The maximum absolute atomic E-state index is 4.75. The average Bonchev–Trinajstić information content (AvgIpc) is 3.29. The summed E-state index contributed by atoms with van der Waals surface area (Å²) in [6.07, 6.45) is 7.42. The molecule has 0 unspecified atom stereocenters. The Kier molecular flexibility index (Phi) is 7.74. The zero-order chi connectivity index (χ0) is 37.7. The zero-order valence-electron chi connectivity index (χ0n) is 30.8. The van der Waals surface area contributed by atoms with Crippen LogP contribution in [0.1, 0.15) is 0 Å². The average molecular weight is 728 g/mol. The van der Waals surface area contributed by atoms with Gasteiger partial charge >= 0.3 is 0 Å². The van der Waals surface area contributed by atoms with Gasteiger partial charge < -0.3 is 4.90 Å². The van der Waals surface area contributed by atoms with Gasteiger partial charge in [-0.25, -0.2) is 0 Å². The van der Waals surface area contributed by atoms with E-state index in [9.17, 15) is 0 Å². The van der Waals surface area contributed by atoms with Gasteiger partial charge in [-0.15, -0.1) is 0 Å². The number of aromatic nitrogens is 4. The minimum absolute atomic E-state index is 0.891. The van der Waals surface area contributed by atoms with E-state index >= 15 is 0 Å². The molecule has 0 N–H and O–H groups in total. The topological polar surface area (TPSA) is 54.8 Å². The lowest BCUT2D eigenvalue weighted by atomic mass is 9.96. The molecule has 11 rings (SSSR count). The number of pyridine rings is 4. The molecule has 5 heteroatoms. The minimum Gasteiger partial charge on any atom is -0.310 e. The fraction of sp³-hybridized carbons (Fsp3) is 0. The monoisotopic (exact) mass is 727 g/mol. The van der Waals surface area contributed by atoms with Gasteiger partial charge in [0.2, 0.25) is 0 Å². The zero-order valence-corrected chi connectivity index (χ0v) is 30.8. The van der Waals surface area contributed by atoms with Crippen molar-refractivity contribution in [3.8, 4) is 33.6 Å². The van der Waals surface area contributed by atoms with Crippen LogP contribution in [0, 0.1) is 0 Å². The molecule has 0 bridgehead atoms. The number of hydrogen-bond donors (Lipinski definition) is 0. The molecule has 266 valence electrons. The van der Waals surface area contributed by atoms with Crippen molar-refractivity contribution in [3.63, 3.8) is 0 Å². The molecule has 5 nitrogen and oxygen atoms in total. The van der Waals surface area contributed by atoms with E-state index in [1.54, 1.807) is 0 Å². The third-order valence-electron chi connectivity index (χ3n) is 11.0. The van der Waals surface area contributed by atoms with E-state index in [0.717, 1.165) is 61.4 Å². The van der Waals surface area contributed by atoms with Crippen molar-refractivity contribution >= 4 is 71.2 Å². The number of fused-ring (bicyclic) bond motifs is 6. The molecule has 0 spiro atoms. The molecule has 57 heavy (non-hydrogen) atoms. The molecule has 0 amide bonds. The fourth-order valence-electron chi connectivity index (χ4n) is 8.00. The summed E-state index contributed by atoms with van der Waals surface area (Å²) < 4.78 is 0. The van der Waals surface area contributed by atoms with Crippen LogP contribution in [0.15, 0.2) is 201 Å². The van der Waals surface area contributed by atoms with Gasteiger partial charge in [-0.1, -0.05) is 91.0 Å². The Bertz CT molecular complexity index is 3180. The van der Waals surface area contributed by atoms with Crippen LogP contribution in [0.4, 0.5) is 17.1 Å². The largest absolute Gasteiger partial charge is 0.310 e. The standard InChI is InChI=1S/C52H33N5/c1-2-6-37-27-38(10-9-34(37)5-1)39-17-23-47-40(28-39)11-12-41-29-46(22-24-48(41)47)57(44-18-13-35(14-19-44)49-30-51-42(32-55-49)7-3-25-53-51)45-20-15-36(16-21-45)50-31-52-43(33-56-50)8-4-26-54-52/h1-33H. The lowest BCUT2D eigenvalue weighted by Crippen LogP contribution is -2.10. The second-order valence-electron chi connectivity index (χ2n) is 14.4. The van der Waals surface area contributed by atoms with Crippen molar-refractivity contribution in [2.45, 2.75) is 0 Å². The van der Waals surface area contributed by atoms with Crippen LogP contribution in [-0.4, -0.2) is 19.9 Å². The SMILES string of the molecule is c1ccc2cc(-c3ccc4c(ccc5cc(N(c6ccc(-c7cc8ncccc8cn7)cc6)c6ccc(-c7cc8ncccc8cn7)cc6)ccc54)c3)ccc2c1. The van der Waals surface area contributed by atoms with Gasteiger partial charge in [-0.2, -0.15) is 0 Å². The maximum Gasteiger partial charge on any atom is 0.0739 e. The Morgan fingerprint density at radius 3 is 1.37 bits per heavy atom. The Balaban J connectivity index is 0.981. The molecule has 0 saturated carbocycles. The summed E-state index contributed by atoms with van der Waals surface area (Å²) in [5.74, 6) is 0. The van der Waals surface area contributed by atoms with Gasteiger partial charge in [0.15, 0.2) is 0 Å². The first kappa shape index (κ1) is 32.7. The molecule has 0 aliphatic rings. The second-order valence-corrected chi connectivity index (χ2v) is 14.4. The third-order valence-corrected chi connectivity index (χ3v) is 11.0. The quantitative estimate of drug-likeness (QED) is 0.160. The molecule has 0 saturated heterocycles. The minimum atomic E-state index is 0.891. The van der Waals surface area contributed by atoms with Gasteiger partial charge in [0.05, 0.1) is 22.4 Å². The highest BCUT2D eigenvalue weighted by Gasteiger charge is 2.16. The number of hydrogen-bond acceptors (Lipinski definition) is 5. The van der Waals surface area contributed by atoms with Crippen molar-refractivity contribution < 1.29 is 0 Å². The van der Waals surface area contributed by atoms with Crippen molar-refractivity contribution in [2.24, 2.45) is 0 Å². The first-order chi connectivity index (χ1) is 28.2. The number of rotatable bonds is 6. The van der Waals surface area contributed by atoms with Gasteiger partial charge in [-0.05, 0) is 128 Å². The van der Waals surface area contributed by atoms with E-state index in [1.807, 2.05) is 49.1 Å². The predicted molar refractivity (Wildman–Crippen MR) is 236 cm³/mol. The molecule has 4 aromatic heterocycles. The molecule has 0 radical (unpaired) electrons. The molecule has 0 atom stereocenters. The summed E-state index contributed by atoms with van der Waals surface area (Å²) in [5.41, 5.74) is 11.3. The van der Waals surface area contributed by atoms with E-state index < -0.39 is 0 Å². The smallest absolute Gasteiger partial charge is 0.0739 e. The molecular formula is C52H33N5. The van der Waals surface area contributed by atoms with Crippen molar-refractivity contribution in [2.75, 3.05) is 4.90 Å². The Morgan fingerprint density at radius 1 is 0.298 bits per heavy atom. The first-order valence-corrected chi connectivity index (χ1v) is 19.1. The Hall–Kier alpha value is -7.76. The summed E-state index contributed by atoms with van der Waals surface area (Å²) >= 11 is 0. The Morgan fingerprint density at radius 2 is 0.754 bits per heavy atom. The summed E-state index contributed by atoms with van der Waals surface area (Å²) in [6.45, 7) is 0. The van der Waals surface area contributed by atoms with Crippen LogP contribution in [-0.2, 0) is 0 Å². The number of nitrogens with zero attached hydrogens (tertiary/aromatic N) is 5. The predicted octanol–water partition coefficient (Wildman–Crippen LogP) is 13.5.